The molecule has 2 aromatic carbocycles. The molecule has 0 saturated heterocycles. The molecule has 0 aliphatic rings. The van der Waals surface area contributed by atoms with Gasteiger partial charge in [-0.3, -0.25) is 9.36 Å². The van der Waals surface area contributed by atoms with Crippen molar-refractivity contribution in [3.8, 4) is 11.4 Å². The minimum atomic E-state index is -0.395. The molecule has 0 unspecified atom stereocenters. The lowest BCUT2D eigenvalue weighted by molar-refractivity contribution is 0.340. The molecule has 0 atom stereocenters. The summed E-state index contributed by atoms with van der Waals surface area (Å²) in [6.07, 6.45) is 0. The molecule has 3 rings (SSSR count). The van der Waals surface area contributed by atoms with Crippen molar-refractivity contribution in [1.82, 2.24) is 9.55 Å². The van der Waals surface area contributed by atoms with Crippen LogP contribution >= 0.6 is 0 Å². The van der Waals surface area contributed by atoms with E-state index in [1.54, 1.807) is 4.57 Å². The summed E-state index contributed by atoms with van der Waals surface area (Å²) in [5.41, 5.74) is 7.23. The molecule has 0 amide bonds. The number of aromatic nitrogens is 2. The highest BCUT2D eigenvalue weighted by molar-refractivity contribution is 5.59. The normalized spacial score (nSPS) is 10.4. The van der Waals surface area contributed by atoms with Crippen LogP contribution in [0.3, 0.4) is 0 Å². The van der Waals surface area contributed by atoms with E-state index in [0.717, 1.165) is 17.1 Å². The maximum Gasteiger partial charge on any atom is 0.276 e. The van der Waals surface area contributed by atoms with Crippen LogP contribution in [0.4, 0.5) is 17.5 Å². The van der Waals surface area contributed by atoms with Crippen molar-refractivity contribution >= 4 is 17.5 Å². The zero-order chi connectivity index (χ0) is 16.9. The van der Waals surface area contributed by atoms with E-state index >= 15 is 0 Å². The molecule has 0 radical (unpaired) electrons. The van der Waals surface area contributed by atoms with Crippen molar-refractivity contribution in [1.29, 1.82) is 0 Å². The number of hydrogen-bond acceptors (Lipinski definition) is 5. The average molecular weight is 322 g/mol. The van der Waals surface area contributed by atoms with Gasteiger partial charge in [0.2, 0.25) is 5.95 Å². The number of hydrogen-bond donors (Lipinski definition) is 2. The van der Waals surface area contributed by atoms with E-state index in [2.05, 4.69) is 10.3 Å². The minimum Gasteiger partial charge on any atom is -0.494 e. The van der Waals surface area contributed by atoms with E-state index in [0.29, 0.717) is 18.4 Å². The molecule has 3 aromatic rings. The van der Waals surface area contributed by atoms with Gasteiger partial charge in [-0.25, -0.2) is 0 Å². The van der Waals surface area contributed by atoms with Gasteiger partial charge in [0.05, 0.1) is 12.3 Å². The number of nitrogens with one attached hydrogen (secondary N) is 1. The molecule has 0 saturated carbocycles. The summed E-state index contributed by atoms with van der Waals surface area (Å²) >= 11 is 0. The van der Waals surface area contributed by atoms with E-state index < -0.39 is 5.56 Å². The third kappa shape index (κ3) is 3.38. The number of rotatable bonds is 5. The standard InChI is InChI=1S/C18H18N4O2/c1-2-24-15-10-8-13(9-11-15)20-18-21-17(23)12-16(19)22(18)14-6-4-3-5-7-14/h3-12H,2,19H2,1H3,(H,20,21,23). The smallest absolute Gasteiger partial charge is 0.276 e. The van der Waals surface area contributed by atoms with Crippen molar-refractivity contribution < 1.29 is 4.74 Å². The van der Waals surface area contributed by atoms with Crippen LogP contribution < -0.4 is 21.3 Å². The summed E-state index contributed by atoms with van der Waals surface area (Å²) in [6, 6.07) is 18.2. The molecule has 0 aliphatic heterocycles. The fourth-order valence-corrected chi connectivity index (χ4v) is 2.36. The van der Waals surface area contributed by atoms with Gasteiger partial charge in [-0.05, 0) is 43.3 Å². The quantitative estimate of drug-likeness (QED) is 0.754. The zero-order valence-corrected chi connectivity index (χ0v) is 13.3. The molecule has 3 N–H and O–H groups in total. The van der Waals surface area contributed by atoms with Gasteiger partial charge in [-0.15, -0.1) is 0 Å². The summed E-state index contributed by atoms with van der Waals surface area (Å²) < 4.78 is 7.12. The number of nitrogen functional groups attached to an aromatic ring is 1. The minimum absolute atomic E-state index is 0.314. The molecule has 6 heteroatoms. The first kappa shape index (κ1) is 15.6. The Morgan fingerprint density at radius 1 is 1.12 bits per heavy atom. The summed E-state index contributed by atoms with van der Waals surface area (Å²) in [4.78, 5) is 15.8. The van der Waals surface area contributed by atoms with Gasteiger partial charge < -0.3 is 15.8 Å². The van der Waals surface area contributed by atoms with Crippen LogP contribution in [-0.2, 0) is 0 Å². The van der Waals surface area contributed by atoms with E-state index in [4.69, 9.17) is 10.5 Å². The lowest BCUT2D eigenvalue weighted by Crippen LogP contribution is -2.18. The molecule has 1 heterocycles. The van der Waals surface area contributed by atoms with Crippen molar-refractivity contribution in [3.05, 3.63) is 71.0 Å². The lowest BCUT2D eigenvalue weighted by atomic mass is 10.3. The first-order chi connectivity index (χ1) is 11.7. The summed E-state index contributed by atoms with van der Waals surface area (Å²) in [5.74, 6) is 1.45. The Labute approximate surface area is 139 Å². The molecular formula is C18H18N4O2. The SMILES string of the molecule is CCOc1ccc(Nc2nc(=O)cc(N)n2-c2ccccc2)cc1. The Kier molecular flexibility index (Phi) is 4.47. The molecule has 1 aromatic heterocycles. The number of benzene rings is 2. The third-order valence-corrected chi connectivity index (χ3v) is 3.39. The molecule has 0 spiro atoms. The maximum atomic E-state index is 11.8. The summed E-state index contributed by atoms with van der Waals surface area (Å²) in [6.45, 7) is 2.54. The summed E-state index contributed by atoms with van der Waals surface area (Å²) in [5, 5.41) is 3.14. The van der Waals surface area contributed by atoms with Gasteiger partial charge in [-0.2, -0.15) is 4.98 Å². The lowest BCUT2D eigenvalue weighted by Gasteiger charge is -2.16. The number of ether oxygens (including phenoxy) is 1. The van der Waals surface area contributed by atoms with Crippen LogP contribution in [0.2, 0.25) is 0 Å². The zero-order valence-electron chi connectivity index (χ0n) is 13.3. The molecule has 122 valence electrons. The molecular weight excluding hydrogens is 304 g/mol. The van der Waals surface area contributed by atoms with Gasteiger partial charge in [0, 0.05) is 11.8 Å². The largest absolute Gasteiger partial charge is 0.494 e. The van der Waals surface area contributed by atoms with Crippen LogP contribution in [-0.4, -0.2) is 16.2 Å². The van der Waals surface area contributed by atoms with Crippen LogP contribution in [0.25, 0.3) is 5.69 Å². The van der Waals surface area contributed by atoms with Gasteiger partial charge in [0.1, 0.15) is 11.6 Å². The Morgan fingerprint density at radius 2 is 1.83 bits per heavy atom. The monoisotopic (exact) mass is 322 g/mol. The van der Waals surface area contributed by atoms with Crippen molar-refractivity contribution in [2.45, 2.75) is 6.92 Å². The Morgan fingerprint density at radius 3 is 2.50 bits per heavy atom. The number of anilines is 3. The van der Waals surface area contributed by atoms with E-state index in [-0.39, 0.29) is 0 Å². The Hall–Kier alpha value is -3.28. The fourth-order valence-electron chi connectivity index (χ4n) is 2.36. The van der Waals surface area contributed by atoms with E-state index in [1.807, 2.05) is 61.5 Å². The highest BCUT2D eigenvalue weighted by Crippen LogP contribution is 2.22. The summed E-state index contributed by atoms with van der Waals surface area (Å²) in [7, 11) is 0. The van der Waals surface area contributed by atoms with E-state index in [1.165, 1.54) is 6.07 Å². The van der Waals surface area contributed by atoms with Crippen molar-refractivity contribution in [2.24, 2.45) is 0 Å². The predicted molar refractivity (Wildman–Crippen MR) is 95.1 cm³/mol. The van der Waals surface area contributed by atoms with Crippen LogP contribution in [0.5, 0.6) is 5.75 Å². The van der Waals surface area contributed by atoms with Crippen molar-refractivity contribution in [2.75, 3.05) is 17.7 Å². The molecule has 24 heavy (non-hydrogen) atoms. The molecule has 6 nitrogen and oxygen atoms in total. The number of nitrogens with two attached hydrogens (primary N) is 1. The predicted octanol–water partition coefficient (Wildman–Crippen LogP) is 2.96. The second kappa shape index (κ2) is 6.87. The van der Waals surface area contributed by atoms with Gasteiger partial charge in [0.25, 0.3) is 5.56 Å². The number of nitrogens with zero attached hydrogens (tertiary/aromatic N) is 2. The van der Waals surface area contributed by atoms with Crippen LogP contribution in [0.1, 0.15) is 6.92 Å². The highest BCUT2D eigenvalue weighted by atomic mass is 16.5. The second-order valence-corrected chi connectivity index (χ2v) is 5.10. The van der Waals surface area contributed by atoms with Crippen LogP contribution in [0.15, 0.2) is 65.5 Å². The third-order valence-electron chi connectivity index (χ3n) is 3.39. The molecule has 0 aliphatic carbocycles. The van der Waals surface area contributed by atoms with Crippen molar-refractivity contribution in [3.63, 3.8) is 0 Å². The molecule has 0 bridgehead atoms. The second-order valence-electron chi connectivity index (χ2n) is 5.10. The highest BCUT2D eigenvalue weighted by Gasteiger charge is 2.10. The first-order valence-electron chi connectivity index (χ1n) is 7.62. The topological polar surface area (TPSA) is 82.2 Å². The molecule has 0 fully saturated rings. The van der Waals surface area contributed by atoms with E-state index in [9.17, 15) is 4.79 Å². The first-order valence-corrected chi connectivity index (χ1v) is 7.62. The fraction of sp³-hybridized carbons (Fsp3) is 0.111. The Balaban J connectivity index is 1.99. The van der Waals surface area contributed by atoms with Gasteiger partial charge in [-0.1, -0.05) is 18.2 Å². The Bertz CT molecular complexity index is 874. The van der Waals surface area contributed by atoms with Gasteiger partial charge >= 0.3 is 0 Å². The maximum absolute atomic E-state index is 11.8. The average Bonchev–Trinajstić information content (AvgIpc) is 2.57. The number of para-hydroxylation sites is 1. The van der Waals surface area contributed by atoms with Gasteiger partial charge in [0.15, 0.2) is 0 Å². The van der Waals surface area contributed by atoms with Crippen LogP contribution in [0, 0.1) is 0 Å².